The van der Waals surface area contributed by atoms with Gasteiger partial charge in [0.2, 0.25) is 0 Å². The van der Waals surface area contributed by atoms with Crippen molar-refractivity contribution in [2.45, 2.75) is 25.3 Å². The van der Waals surface area contributed by atoms with E-state index in [1.54, 1.807) is 0 Å². The highest BCUT2D eigenvalue weighted by Crippen LogP contribution is 2.28. The summed E-state index contributed by atoms with van der Waals surface area (Å²) in [6.07, 6.45) is 7.68. The predicted molar refractivity (Wildman–Crippen MR) is 80.1 cm³/mol. The summed E-state index contributed by atoms with van der Waals surface area (Å²) in [5.41, 5.74) is 0.986. The van der Waals surface area contributed by atoms with Gasteiger partial charge in [0.1, 0.15) is 0 Å². The molecule has 0 saturated carbocycles. The quantitative estimate of drug-likeness (QED) is 0.810. The van der Waals surface area contributed by atoms with Gasteiger partial charge in [-0.25, -0.2) is 0 Å². The maximum Gasteiger partial charge on any atom is 0.0635 e. The van der Waals surface area contributed by atoms with Crippen LogP contribution in [0.3, 0.4) is 0 Å². The van der Waals surface area contributed by atoms with Gasteiger partial charge in [-0.05, 0) is 59.3 Å². The van der Waals surface area contributed by atoms with Crippen molar-refractivity contribution in [3.63, 3.8) is 0 Å². The van der Waals surface area contributed by atoms with Gasteiger partial charge in [0.25, 0.3) is 0 Å². The SMILES string of the molecule is OCC(Nc1ccc(Cl)c(Br)c1)C1CC=CCC1. The Kier molecular flexibility index (Phi) is 5.10. The van der Waals surface area contributed by atoms with Crippen LogP contribution in [0, 0.1) is 5.92 Å². The lowest BCUT2D eigenvalue weighted by Gasteiger charge is -2.28. The van der Waals surface area contributed by atoms with Gasteiger partial charge in [0.15, 0.2) is 0 Å². The number of hydrogen-bond acceptors (Lipinski definition) is 2. The minimum Gasteiger partial charge on any atom is -0.394 e. The largest absolute Gasteiger partial charge is 0.394 e. The minimum absolute atomic E-state index is 0.100. The second-order valence-corrected chi connectivity index (χ2v) is 5.87. The van der Waals surface area contributed by atoms with Crippen molar-refractivity contribution in [2.24, 2.45) is 5.92 Å². The summed E-state index contributed by atoms with van der Waals surface area (Å²) in [7, 11) is 0. The number of anilines is 1. The van der Waals surface area contributed by atoms with Crippen LogP contribution in [0.5, 0.6) is 0 Å². The first-order chi connectivity index (χ1) is 8.70. The molecule has 2 N–H and O–H groups in total. The van der Waals surface area contributed by atoms with E-state index in [0.717, 1.165) is 29.4 Å². The van der Waals surface area contributed by atoms with Gasteiger partial charge in [-0.3, -0.25) is 0 Å². The molecule has 1 aromatic rings. The van der Waals surface area contributed by atoms with Crippen LogP contribution >= 0.6 is 27.5 Å². The van der Waals surface area contributed by atoms with Gasteiger partial charge in [-0.1, -0.05) is 23.8 Å². The Bertz CT molecular complexity index is 436. The number of allylic oxidation sites excluding steroid dienone is 2. The molecule has 4 heteroatoms. The predicted octanol–water partition coefficient (Wildman–Crippen LogP) is 4.23. The Morgan fingerprint density at radius 1 is 1.44 bits per heavy atom. The van der Waals surface area contributed by atoms with Crippen LogP contribution in [0.2, 0.25) is 5.02 Å². The van der Waals surface area contributed by atoms with Crippen LogP contribution in [-0.4, -0.2) is 17.8 Å². The summed E-state index contributed by atoms with van der Waals surface area (Å²) in [5.74, 6) is 0.495. The Balaban J connectivity index is 2.05. The van der Waals surface area contributed by atoms with E-state index in [4.69, 9.17) is 11.6 Å². The fourth-order valence-electron chi connectivity index (χ4n) is 2.30. The lowest BCUT2D eigenvalue weighted by atomic mass is 9.88. The van der Waals surface area contributed by atoms with Crippen LogP contribution in [0.25, 0.3) is 0 Å². The van der Waals surface area contributed by atoms with Crippen LogP contribution in [0.1, 0.15) is 19.3 Å². The van der Waals surface area contributed by atoms with E-state index in [1.165, 1.54) is 0 Å². The Labute approximate surface area is 121 Å². The molecule has 0 fully saturated rings. The second-order valence-electron chi connectivity index (χ2n) is 4.61. The average molecular weight is 331 g/mol. The molecule has 0 heterocycles. The Morgan fingerprint density at radius 2 is 2.28 bits per heavy atom. The number of halogens is 2. The van der Waals surface area contributed by atoms with E-state index in [2.05, 4.69) is 33.4 Å². The molecule has 0 spiro atoms. The van der Waals surface area contributed by atoms with E-state index in [9.17, 15) is 5.11 Å². The average Bonchev–Trinajstić information content (AvgIpc) is 2.41. The molecular formula is C14H17BrClNO. The van der Waals surface area contributed by atoms with Crippen molar-refractivity contribution in [1.82, 2.24) is 0 Å². The second kappa shape index (κ2) is 6.60. The fraction of sp³-hybridized carbons (Fsp3) is 0.429. The molecule has 0 aliphatic heterocycles. The summed E-state index contributed by atoms with van der Waals surface area (Å²) in [6.45, 7) is 0.152. The van der Waals surface area contributed by atoms with Crippen molar-refractivity contribution in [3.05, 3.63) is 39.8 Å². The highest BCUT2D eigenvalue weighted by molar-refractivity contribution is 9.10. The standard InChI is InChI=1S/C14H17BrClNO/c15-12-8-11(6-7-13(12)16)17-14(9-18)10-4-2-1-3-5-10/h1-2,6-8,10,14,17-18H,3-5,9H2. The zero-order valence-corrected chi connectivity index (χ0v) is 12.4. The molecule has 98 valence electrons. The van der Waals surface area contributed by atoms with E-state index in [0.29, 0.717) is 10.9 Å². The van der Waals surface area contributed by atoms with Crippen molar-refractivity contribution in [1.29, 1.82) is 0 Å². The summed E-state index contributed by atoms with van der Waals surface area (Å²) in [4.78, 5) is 0. The maximum atomic E-state index is 9.54. The molecule has 2 atom stereocenters. The van der Waals surface area contributed by atoms with Gasteiger partial charge in [0.05, 0.1) is 17.7 Å². The number of nitrogens with one attached hydrogen (secondary N) is 1. The normalized spacial score (nSPS) is 20.7. The zero-order valence-electron chi connectivity index (χ0n) is 10.1. The molecule has 0 saturated heterocycles. The number of aliphatic hydroxyl groups is 1. The first-order valence-corrected chi connectivity index (χ1v) is 7.35. The van der Waals surface area contributed by atoms with Gasteiger partial charge in [0, 0.05) is 10.2 Å². The third-order valence-electron chi connectivity index (χ3n) is 3.35. The highest BCUT2D eigenvalue weighted by atomic mass is 79.9. The van der Waals surface area contributed by atoms with Crippen LogP contribution in [0.15, 0.2) is 34.8 Å². The number of aliphatic hydroxyl groups excluding tert-OH is 1. The summed E-state index contributed by atoms with van der Waals surface area (Å²) in [5, 5.41) is 13.6. The number of hydrogen-bond donors (Lipinski definition) is 2. The van der Waals surface area contributed by atoms with Gasteiger partial charge >= 0.3 is 0 Å². The maximum absolute atomic E-state index is 9.54. The van der Waals surface area contributed by atoms with E-state index >= 15 is 0 Å². The fourth-order valence-corrected chi connectivity index (χ4v) is 2.79. The lowest BCUT2D eigenvalue weighted by molar-refractivity contribution is 0.230. The van der Waals surface area contributed by atoms with Crippen LogP contribution in [-0.2, 0) is 0 Å². The van der Waals surface area contributed by atoms with Crippen LogP contribution in [0.4, 0.5) is 5.69 Å². The summed E-state index contributed by atoms with van der Waals surface area (Å²) in [6, 6.07) is 5.84. The summed E-state index contributed by atoms with van der Waals surface area (Å²) < 4.78 is 0.870. The number of benzene rings is 1. The van der Waals surface area contributed by atoms with E-state index < -0.39 is 0 Å². The molecule has 0 aromatic heterocycles. The zero-order chi connectivity index (χ0) is 13.0. The van der Waals surface area contributed by atoms with Crippen molar-refractivity contribution in [3.8, 4) is 0 Å². The first kappa shape index (κ1) is 13.9. The first-order valence-electron chi connectivity index (χ1n) is 6.18. The molecule has 1 aliphatic carbocycles. The van der Waals surface area contributed by atoms with Crippen molar-refractivity contribution in [2.75, 3.05) is 11.9 Å². The molecular weight excluding hydrogens is 314 g/mol. The molecule has 1 aromatic carbocycles. The van der Waals surface area contributed by atoms with Gasteiger partial charge in [-0.15, -0.1) is 0 Å². The highest BCUT2D eigenvalue weighted by Gasteiger charge is 2.21. The van der Waals surface area contributed by atoms with Gasteiger partial charge < -0.3 is 10.4 Å². The molecule has 0 amide bonds. The van der Waals surface area contributed by atoms with E-state index in [-0.39, 0.29) is 12.6 Å². The van der Waals surface area contributed by atoms with Crippen molar-refractivity contribution >= 4 is 33.2 Å². The molecule has 2 nitrogen and oxygen atoms in total. The third kappa shape index (κ3) is 3.50. The van der Waals surface area contributed by atoms with Gasteiger partial charge in [-0.2, -0.15) is 0 Å². The lowest BCUT2D eigenvalue weighted by Crippen LogP contribution is -2.33. The van der Waals surface area contributed by atoms with E-state index in [1.807, 2.05) is 18.2 Å². The van der Waals surface area contributed by atoms with Crippen LogP contribution < -0.4 is 5.32 Å². The molecule has 0 radical (unpaired) electrons. The van der Waals surface area contributed by atoms with Crippen molar-refractivity contribution < 1.29 is 5.11 Å². The minimum atomic E-state index is 0.100. The third-order valence-corrected chi connectivity index (χ3v) is 4.56. The smallest absolute Gasteiger partial charge is 0.0635 e. The Morgan fingerprint density at radius 3 is 2.89 bits per heavy atom. The number of rotatable bonds is 4. The molecule has 0 bridgehead atoms. The molecule has 1 aliphatic rings. The molecule has 2 unspecified atom stereocenters. The molecule has 18 heavy (non-hydrogen) atoms. The summed E-state index contributed by atoms with van der Waals surface area (Å²) >= 11 is 9.37. The Hall–Kier alpha value is -0.510. The monoisotopic (exact) mass is 329 g/mol. The molecule has 2 rings (SSSR count). The topological polar surface area (TPSA) is 32.3 Å².